The third-order valence-corrected chi connectivity index (χ3v) is 7.57. The number of nitrogens with zero attached hydrogens (tertiary/aromatic N) is 3. The lowest BCUT2D eigenvalue weighted by Gasteiger charge is -2.33. The maximum absolute atomic E-state index is 13.4. The molecule has 0 aliphatic carbocycles. The van der Waals surface area contributed by atoms with E-state index in [0.717, 1.165) is 11.1 Å². The quantitative estimate of drug-likeness (QED) is 0.403. The van der Waals surface area contributed by atoms with Crippen LogP contribution in [0.3, 0.4) is 0 Å². The van der Waals surface area contributed by atoms with Gasteiger partial charge in [0.15, 0.2) is 0 Å². The van der Waals surface area contributed by atoms with E-state index in [1.54, 1.807) is 28.8 Å². The van der Waals surface area contributed by atoms with E-state index in [9.17, 15) is 18.4 Å². The summed E-state index contributed by atoms with van der Waals surface area (Å²) < 4.78 is 28.8. The molecular formula is C27H26F2N4O2S. The lowest BCUT2D eigenvalue weighted by atomic mass is 9.95. The molecule has 9 heteroatoms. The number of aromatic nitrogens is 2. The molecule has 0 unspecified atom stereocenters. The lowest BCUT2D eigenvalue weighted by molar-refractivity contribution is -0.126. The Bertz CT molecular complexity index is 1430. The molecule has 2 aromatic carbocycles. The fourth-order valence-corrected chi connectivity index (χ4v) is 5.37. The molecule has 5 rings (SSSR count). The molecule has 1 aliphatic heterocycles. The highest BCUT2D eigenvalue weighted by Crippen LogP contribution is 2.26. The van der Waals surface area contributed by atoms with E-state index in [0.29, 0.717) is 42.1 Å². The third-order valence-electron chi connectivity index (χ3n) is 6.68. The molecule has 1 aliphatic rings. The number of rotatable bonds is 6. The second kappa shape index (κ2) is 10.2. The average Bonchev–Trinajstić information content (AvgIpc) is 3.36. The molecule has 1 N–H and O–H groups in total. The van der Waals surface area contributed by atoms with Gasteiger partial charge in [0.2, 0.25) is 11.9 Å². The first kappa shape index (κ1) is 24.1. The zero-order valence-corrected chi connectivity index (χ0v) is 20.6. The Hall–Kier alpha value is -3.59. The van der Waals surface area contributed by atoms with Gasteiger partial charge in [-0.15, -0.1) is 11.3 Å². The summed E-state index contributed by atoms with van der Waals surface area (Å²) in [6.45, 7) is 3.32. The van der Waals surface area contributed by atoms with Gasteiger partial charge in [-0.3, -0.25) is 14.2 Å². The average molecular weight is 509 g/mol. The van der Waals surface area contributed by atoms with Crippen LogP contribution >= 0.6 is 11.3 Å². The van der Waals surface area contributed by atoms with Crippen LogP contribution in [0.5, 0.6) is 0 Å². The zero-order valence-electron chi connectivity index (χ0n) is 19.8. The van der Waals surface area contributed by atoms with Crippen molar-refractivity contribution in [3.8, 4) is 0 Å². The fourth-order valence-electron chi connectivity index (χ4n) is 4.60. The number of carbonyl (C=O) groups excluding carboxylic acids is 1. The first-order chi connectivity index (χ1) is 17.4. The van der Waals surface area contributed by atoms with Gasteiger partial charge in [0, 0.05) is 19.0 Å². The van der Waals surface area contributed by atoms with Crippen LogP contribution in [-0.2, 0) is 11.3 Å². The van der Waals surface area contributed by atoms with Gasteiger partial charge in [-0.1, -0.05) is 24.3 Å². The maximum Gasteiger partial charge on any atom is 0.273 e. The van der Waals surface area contributed by atoms with Crippen LogP contribution in [0.2, 0.25) is 0 Å². The van der Waals surface area contributed by atoms with Crippen molar-refractivity contribution in [2.45, 2.75) is 32.4 Å². The topological polar surface area (TPSA) is 67.2 Å². The van der Waals surface area contributed by atoms with Crippen LogP contribution in [0.25, 0.3) is 10.2 Å². The summed E-state index contributed by atoms with van der Waals surface area (Å²) in [6.07, 6.45) is 1.24. The number of carbonyl (C=O) groups is 1. The van der Waals surface area contributed by atoms with Crippen LogP contribution in [-0.4, -0.2) is 28.5 Å². The van der Waals surface area contributed by atoms with Crippen LogP contribution in [0.15, 0.2) is 64.8 Å². The highest BCUT2D eigenvalue weighted by atomic mass is 32.1. The molecule has 0 bridgehead atoms. The van der Waals surface area contributed by atoms with Crippen LogP contribution < -0.4 is 15.8 Å². The van der Waals surface area contributed by atoms with Gasteiger partial charge < -0.3 is 10.2 Å². The van der Waals surface area contributed by atoms with Gasteiger partial charge >= 0.3 is 0 Å². The molecular weight excluding hydrogens is 482 g/mol. The highest BCUT2D eigenvalue weighted by Gasteiger charge is 2.28. The molecule has 0 spiro atoms. The molecule has 1 saturated heterocycles. The number of halogens is 2. The minimum Gasteiger partial charge on any atom is -0.349 e. The number of piperidine rings is 1. The number of hydrogen-bond acceptors (Lipinski definition) is 5. The number of fused-ring (bicyclic) bond motifs is 1. The first-order valence-electron chi connectivity index (χ1n) is 11.9. The van der Waals surface area contributed by atoms with Gasteiger partial charge in [0.1, 0.15) is 16.3 Å². The van der Waals surface area contributed by atoms with Crippen molar-refractivity contribution in [2.24, 2.45) is 5.92 Å². The Morgan fingerprint density at radius 3 is 2.36 bits per heavy atom. The summed E-state index contributed by atoms with van der Waals surface area (Å²) >= 11 is 1.36. The van der Waals surface area contributed by atoms with Crippen molar-refractivity contribution in [3.05, 3.63) is 93.1 Å². The van der Waals surface area contributed by atoms with Crippen molar-refractivity contribution in [2.75, 3.05) is 18.0 Å². The molecule has 0 radical (unpaired) electrons. The predicted molar refractivity (Wildman–Crippen MR) is 137 cm³/mol. The van der Waals surface area contributed by atoms with Crippen molar-refractivity contribution in [3.63, 3.8) is 0 Å². The molecule has 1 fully saturated rings. The number of amides is 1. The number of hydrogen-bond donors (Lipinski definition) is 1. The van der Waals surface area contributed by atoms with E-state index in [4.69, 9.17) is 4.98 Å². The molecule has 2 aromatic heterocycles. The molecule has 3 heterocycles. The van der Waals surface area contributed by atoms with Crippen molar-refractivity contribution < 1.29 is 13.6 Å². The summed E-state index contributed by atoms with van der Waals surface area (Å²) in [5.41, 5.74) is 2.19. The number of nitrogens with one attached hydrogen (secondary N) is 1. The minimum absolute atomic E-state index is 0.0311. The Kier molecular flexibility index (Phi) is 6.82. The van der Waals surface area contributed by atoms with E-state index < -0.39 is 0 Å². The largest absolute Gasteiger partial charge is 0.349 e. The van der Waals surface area contributed by atoms with Gasteiger partial charge in [-0.2, -0.15) is 0 Å². The highest BCUT2D eigenvalue weighted by molar-refractivity contribution is 7.17. The summed E-state index contributed by atoms with van der Waals surface area (Å²) in [4.78, 5) is 33.1. The number of benzene rings is 2. The van der Waals surface area contributed by atoms with E-state index in [2.05, 4.69) is 10.2 Å². The fraction of sp³-hybridized carbons (Fsp3) is 0.296. The summed E-state index contributed by atoms with van der Waals surface area (Å²) in [7, 11) is 0. The lowest BCUT2D eigenvalue weighted by Crippen LogP contribution is -2.43. The summed E-state index contributed by atoms with van der Waals surface area (Å²) in [5, 5.41) is 4.89. The third kappa shape index (κ3) is 5.02. The summed E-state index contributed by atoms with van der Waals surface area (Å²) in [5.74, 6) is -0.263. The molecule has 4 aromatic rings. The number of anilines is 1. The monoisotopic (exact) mass is 508 g/mol. The zero-order chi connectivity index (χ0) is 25.2. The van der Waals surface area contributed by atoms with E-state index in [-0.39, 0.29) is 41.6 Å². The van der Waals surface area contributed by atoms with E-state index >= 15 is 0 Å². The van der Waals surface area contributed by atoms with Crippen molar-refractivity contribution in [1.82, 2.24) is 14.9 Å². The molecule has 6 nitrogen and oxygen atoms in total. The van der Waals surface area contributed by atoms with E-state index in [1.165, 1.54) is 35.6 Å². The van der Waals surface area contributed by atoms with Crippen molar-refractivity contribution in [1.29, 1.82) is 0 Å². The predicted octanol–water partition coefficient (Wildman–Crippen LogP) is 4.88. The van der Waals surface area contributed by atoms with Gasteiger partial charge in [0.05, 0.1) is 18.1 Å². The normalized spacial score (nSPS) is 15.2. The smallest absolute Gasteiger partial charge is 0.273 e. The Balaban J connectivity index is 1.32. The van der Waals surface area contributed by atoms with Gasteiger partial charge in [-0.25, -0.2) is 13.8 Å². The van der Waals surface area contributed by atoms with Crippen LogP contribution in [0, 0.1) is 17.6 Å². The van der Waals surface area contributed by atoms with Crippen LogP contribution in [0.4, 0.5) is 14.7 Å². The molecule has 0 saturated carbocycles. The summed E-state index contributed by atoms with van der Waals surface area (Å²) in [6, 6.07) is 13.8. The second-order valence-corrected chi connectivity index (χ2v) is 10.0. The van der Waals surface area contributed by atoms with Gasteiger partial charge in [0.25, 0.3) is 5.56 Å². The molecule has 36 heavy (non-hydrogen) atoms. The first-order valence-corrected chi connectivity index (χ1v) is 12.8. The van der Waals surface area contributed by atoms with Gasteiger partial charge in [-0.05, 0) is 66.6 Å². The Labute approximate surface area is 211 Å². The Morgan fingerprint density at radius 2 is 1.69 bits per heavy atom. The minimum atomic E-state index is -0.327. The van der Waals surface area contributed by atoms with E-state index in [1.807, 2.05) is 18.4 Å². The standard InChI is InChI=1S/C27H26F2N4O2S/c1-17(19-4-8-22(29)9-5-19)30-25(34)20-10-13-32(14-11-20)27-31-23-12-15-36-24(23)26(35)33(27)16-18-2-6-21(28)7-3-18/h2-9,12,15,17,20H,10-11,13-14,16H2,1H3,(H,30,34)/t17-/m0/s1. The Morgan fingerprint density at radius 1 is 1.06 bits per heavy atom. The molecule has 1 atom stereocenters. The maximum atomic E-state index is 13.4. The van der Waals surface area contributed by atoms with Crippen molar-refractivity contribution >= 4 is 33.4 Å². The number of thiophene rings is 1. The van der Waals surface area contributed by atoms with Crippen LogP contribution in [0.1, 0.15) is 36.9 Å². The molecule has 1 amide bonds. The SMILES string of the molecule is C[C@H](NC(=O)C1CCN(c2nc3ccsc3c(=O)n2Cc2ccc(F)cc2)CC1)c1ccc(F)cc1. The molecule has 186 valence electrons. The second-order valence-electron chi connectivity index (χ2n) is 9.11.